The Bertz CT molecular complexity index is 551. The van der Waals surface area contributed by atoms with Crippen LogP contribution in [0.1, 0.15) is 6.92 Å². The van der Waals surface area contributed by atoms with Gasteiger partial charge in [-0.25, -0.2) is 4.39 Å². The van der Waals surface area contributed by atoms with Crippen molar-refractivity contribution in [3.63, 3.8) is 0 Å². The van der Waals surface area contributed by atoms with Crippen LogP contribution >= 0.6 is 11.6 Å². The maximum absolute atomic E-state index is 13.2. The van der Waals surface area contributed by atoms with Crippen molar-refractivity contribution < 1.29 is 9.13 Å². The van der Waals surface area contributed by atoms with Crippen LogP contribution in [0.5, 0.6) is 11.6 Å². The van der Waals surface area contributed by atoms with Crippen LogP contribution in [0.25, 0.3) is 0 Å². The van der Waals surface area contributed by atoms with Gasteiger partial charge in [-0.05, 0) is 19.1 Å². The Morgan fingerprint density at radius 3 is 2.94 bits per heavy atom. The van der Waals surface area contributed by atoms with E-state index in [-0.39, 0.29) is 10.9 Å². The molecule has 0 saturated heterocycles. The minimum absolute atomic E-state index is 0.0508. The van der Waals surface area contributed by atoms with Crippen LogP contribution in [0.3, 0.4) is 0 Å². The molecule has 0 radical (unpaired) electrons. The summed E-state index contributed by atoms with van der Waals surface area (Å²) in [5.74, 6) is 0.671. The minimum atomic E-state index is -0.537. The molecule has 94 valence electrons. The molecule has 0 bridgehead atoms. The van der Waals surface area contributed by atoms with E-state index in [2.05, 4.69) is 15.3 Å². The molecule has 0 aliphatic carbocycles. The van der Waals surface area contributed by atoms with Crippen LogP contribution in [-0.2, 0) is 0 Å². The Morgan fingerprint density at radius 2 is 2.22 bits per heavy atom. The van der Waals surface area contributed by atoms with Crippen LogP contribution in [0.15, 0.2) is 30.6 Å². The second-order valence-corrected chi connectivity index (χ2v) is 3.86. The Hall–Kier alpha value is -1.88. The maximum Gasteiger partial charge on any atom is 0.239 e. The highest BCUT2D eigenvalue weighted by atomic mass is 35.5. The number of ether oxygens (including phenoxy) is 1. The molecule has 0 unspecified atom stereocenters. The lowest BCUT2D eigenvalue weighted by molar-refractivity contribution is 0.456. The second-order valence-electron chi connectivity index (χ2n) is 3.45. The third kappa shape index (κ3) is 3.07. The van der Waals surface area contributed by atoms with E-state index in [0.717, 1.165) is 6.54 Å². The van der Waals surface area contributed by atoms with Gasteiger partial charge in [-0.2, -0.15) is 4.98 Å². The normalized spacial score (nSPS) is 10.2. The molecule has 0 fully saturated rings. The van der Waals surface area contributed by atoms with Gasteiger partial charge in [0.05, 0.1) is 17.4 Å². The molecule has 2 aromatic rings. The van der Waals surface area contributed by atoms with Crippen molar-refractivity contribution in [2.45, 2.75) is 6.92 Å². The summed E-state index contributed by atoms with van der Waals surface area (Å²) in [6.07, 6.45) is 3.03. The van der Waals surface area contributed by atoms with Crippen molar-refractivity contribution in [1.29, 1.82) is 0 Å². The summed E-state index contributed by atoms with van der Waals surface area (Å²) in [4.78, 5) is 8.13. The minimum Gasteiger partial charge on any atom is -0.437 e. The summed E-state index contributed by atoms with van der Waals surface area (Å²) in [5.41, 5.74) is 0. The highest BCUT2D eigenvalue weighted by Gasteiger charge is 2.04. The quantitative estimate of drug-likeness (QED) is 0.921. The van der Waals surface area contributed by atoms with E-state index in [9.17, 15) is 4.39 Å². The fourth-order valence-electron chi connectivity index (χ4n) is 1.32. The van der Waals surface area contributed by atoms with Gasteiger partial charge in [0, 0.05) is 12.6 Å². The zero-order chi connectivity index (χ0) is 13.0. The average Bonchev–Trinajstić information content (AvgIpc) is 2.35. The topological polar surface area (TPSA) is 47.0 Å². The molecule has 1 aromatic heterocycles. The van der Waals surface area contributed by atoms with Crippen molar-refractivity contribution in [1.82, 2.24) is 9.97 Å². The van der Waals surface area contributed by atoms with Gasteiger partial charge < -0.3 is 10.1 Å². The molecule has 2 rings (SSSR count). The fraction of sp³-hybridized carbons (Fsp3) is 0.167. The number of nitrogens with zero attached hydrogens (tertiary/aromatic N) is 2. The number of hydrogen-bond donors (Lipinski definition) is 1. The molecule has 1 N–H and O–H groups in total. The molecule has 0 aliphatic heterocycles. The summed E-state index contributed by atoms with van der Waals surface area (Å²) in [7, 11) is 0. The Balaban J connectivity index is 2.17. The summed E-state index contributed by atoms with van der Waals surface area (Å²) < 4.78 is 18.6. The first-order valence-corrected chi connectivity index (χ1v) is 5.75. The lowest BCUT2D eigenvalue weighted by Gasteiger charge is -2.07. The van der Waals surface area contributed by atoms with Gasteiger partial charge in [-0.3, -0.25) is 4.98 Å². The van der Waals surface area contributed by atoms with Crippen LogP contribution < -0.4 is 10.1 Å². The lowest BCUT2D eigenvalue weighted by atomic mass is 10.3. The highest BCUT2D eigenvalue weighted by molar-refractivity contribution is 6.30. The monoisotopic (exact) mass is 267 g/mol. The van der Waals surface area contributed by atoms with E-state index in [1.807, 2.05) is 6.92 Å². The third-order valence-electron chi connectivity index (χ3n) is 2.08. The molecule has 4 nitrogen and oxygen atoms in total. The SMILES string of the molecule is CCNc1cncc(Oc2ccc(Cl)c(F)c2)n1. The summed E-state index contributed by atoms with van der Waals surface area (Å²) >= 11 is 5.58. The van der Waals surface area contributed by atoms with Crippen LogP contribution in [0.2, 0.25) is 5.02 Å². The van der Waals surface area contributed by atoms with Gasteiger partial charge in [0.15, 0.2) is 0 Å². The summed E-state index contributed by atoms with van der Waals surface area (Å²) in [5, 5.41) is 3.06. The van der Waals surface area contributed by atoms with E-state index < -0.39 is 5.82 Å². The zero-order valence-electron chi connectivity index (χ0n) is 9.65. The molecule has 0 amide bonds. The van der Waals surface area contributed by atoms with Gasteiger partial charge in [0.1, 0.15) is 17.4 Å². The number of benzene rings is 1. The first kappa shape index (κ1) is 12.6. The predicted octanol–water partition coefficient (Wildman–Crippen LogP) is 3.49. The molecule has 1 aromatic carbocycles. The predicted molar refractivity (Wildman–Crippen MR) is 67.7 cm³/mol. The first-order valence-electron chi connectivity index (χ1n) is 5.38. The van der Waals surface area contributed by atoms with Gasteiger partial charge in [0.2, 0.25) is 5.88 Å². The third-order valence-corrected chi connectivity index (χ3v) is 2.39. The summed E-state index contributed by atoms with van der Waals surface area (Å²) in [6.45, 7) is 2.68. The standard InChI is InChI=1S/C12H11ClFN3O/c1-2-16-11-6-15-7-12(17-11)18-8-3-4-9(13)10(14)5-8/h3-7H,2H2,1H3,(H,16,17). The Labute approximate surface area is 109 Å². The first-order chi connectivity index (χ1) is 8.69. The molecule has 0 spiro atoms. The lowest BCUT2D eigenvalue weighted by Crippen LogP contribution is -2.00. The molecular weight excluding hydrogens is 257 g/mol. The Kier molecular flexibility index (Phi) is 3.94. The average molecular weight is 268 g/mol. The molecule has 18 heavy (non-hydrogen) atoms. The number of nitrogens with one attached hydrogen (secondary N) is 1. The summed E-state index contributed by atoms with van der Waals surface area (Å²) in [6, 6.07) is 4.19. The van der Waals surface area contributed by atoms with E-state index in [4.69, 9.17) is 16.3 Å². The van der Waals surface area contributed by atoms with Gasteiger partial charge in [0.25, 0.3) is 0 Å². The highest BCUT2D eigenvalue weighted by Crippen LogP contribution is 2.24. The second kappa shape index (κ2) is 5.64. The number of aromatic nitrogens is 2. The van der Waals surface area contributed by atoms with Crippen molar-refractivity contribution in [2.75, 3.05) is 11.9 Å². The number of hydrogen-bond acceptors (Lipinski definition) is 4. The Morgan fingerprint density at radius 1 is 1.39 bits per heavy atom. The largest absolute Gasteiger partial charge is 0.437 e. The van der Waals surface area contributed by atoms with Crippen molar-refractivity contribution in [2.24, 2.45) is 0 Å². The van der Waals surface area contributed by atoms with E-state index >= 15 is 0 Å². The van der Waals surface area contributed by atoms with E-state index in [1.165, 1.54) is 18.3 Å². The van der Waals surface area contributed by atoms with Crippen LogP contribution in [-0.4, -0.2) is 16.5 Å². The molecule has 0 atom stereocenters. The van der Waals surface area contributed by atoms with E-state index in [0.29, 0.717) is 11.6 Å². The van der Waals surface area contributed by atoms with Crippen LogP contribution in [0, 0.1) is 5.82 Å². The smallest absolute Gasteiger partial charge is 0.239 e. The molecule has 0 saturated carbocycles. The maximum atomic E-state index is 13.2. The molecule has 0 aliphatic rings. The van der Waals surface area contributed by atoms with E-state index in [1.54, 1.807) is 12.3 Å². The van der Waals surface area contributed by atoms with Crippen molar-refractivity contribution >= 4 is 17.4 Å². The fourth-order valence-corrected chi connectivity index (χ4v) is 1.44. The number of halogens is 2. The van der Waals surface area contributed by atoms with Gasteiger partial charge in [-0.15, -0.1) is 0 Å². The van der Waals surface area contributed by atoms with Gasteiger partial charge in [-0.1, -0.05) is 11.6 Å². The molecular formula is C12H11ClFN3O. The zero-order valence-corrected chi connectivity index (χ0v) is 10.4. The van der Waals surface area contributed by atoms with Crippen molar-refractivity contribution in [3.8, 4) is 11.6 Å². The molecule has 6 heteroatoms. The molecule has 1 heterocycles. The number of anilines is 1. The van der Waals surface area contributed by atoms with Crippen molar-refractivity contribution in [3.05, 3.63) is 41.4 Å². The number of rotatable bonds is 4. The van der Waals surface area contributed by atoms with Gasteiger partial charge >= 0.3 is 0 Å². The van der Waals surface area contributed by atoms with Crippen LogP contribution in [0.4, 0.5) is 10.2 Å².